The molecular weight excluding hydrogens is 449 g/mol. The van der Waals surface area contributed by atoms with Gasteiger partial charge in [0.05, 0.1) is 11.3 Å². The number of carboxylic acid groups (broad SMARTS) is 1. The number of para-hydroxylation sites is 1. The Balaban J connectivity index is 1.53. The van der Waals surface area contributed by atoms with E-state index in [1.54, 1.807) is 6.07 Å². The van der Waals surface area contributed by atoms with Gasteiger partial charge in [-0.25, -0.2) is 9.97 Å². The predicted octanol–water partition coefficient (Wildman–Crippen LogP) is 6.20. The minimum absolute atomic E-state index is 0.147. The molecule has 2 aromatic heterocycles. The summed E-state index contributed by atoms with van der Waals surface area (Å²) >= 11 is 2.94. The molecule has 4 rings (SSSR count). The van der Waals surface area contributed by atoms with Crippen LogP contribution in [0.1, 0.15) is 22.0 Å². The SMILES string of the molecule is Cc1nc(-c2ccc(C(F)(F)F)cc2)sc1CSc1cccc2oc(CC(=O)O)nc12. The second kappa shape index (κ2) is 8.35. The van der Waals surface area contributed by atoms with Crippen LogP contribution in [0.15, 0.2) is 51.8 Å². The van der Waals surface area contributed by atoms with Crippen LogP contribution in [0.3, 0.4) is 0 Å². The molecule has 0 amide bonds. The van der Waals surface area contributed by atoms with Crippen LogP contribution in [-0.4, -0.2) is 21.0 Å². The smallest absolute Gasteiger partial charge is 0.416 e. The van der Waals surface area contributed by atoms with Gasteiger partial charge < -0.3 is 9.52 Å². The van der Waals surface area contributed by atoms with Crippen LogP contribution in [0.5, 0.6) is 0 Å². The quantitative estimate of drug-likeness (QED) is 0.343. The zero-order chi connectivity index (χ0) is 22.2. The van der Waals surface area contributed by atoms with E-state index in [1.165, 1.54) is 35.2 Å². The topological polar surface area (TPSA) is 76.2 Å². The highest BCUT2D eigenvalue weighted by atomic mass is 32.2. The van der Waals surface area contributed by atoms with E-state index in [0.29, 0.717) is 27.4 Å². The Morgan fingerprint density at radius 1 is 1.16 bits per heavy atom. The first-order valence-corrected chi connectivity index (χ1v) is 10.9. The fourth-order valence-corrected chi connectivity index (χ4v) is 5.15. The number of fused-ring (bicyclic) bond motifs is 1. The highest BCUT2D eigenvalue weighted by molar-refractivity contribution is 7.98. The molecule has 0 fully saturated rings. The lowest BCUT2D eigenvalue weighted by atomic mass is 10.1. The molecule has 2 heterocycles. The number of carbonyl (C=O) groups is 1. The molecular formula is C21H15F3N2O3S2. The monoisotopic (exact) mass is 464 g/mol. The lowest BCUT2D eigenvalue weighted by Gasteiger charge is -2.06. The van der Waals surface area contributed by atoms with Gasteiger partial charge in [-0.15, -0.1) is 23.1 Å². The van der Waals surface area contributed by atoms with Gasteiger partial charge in [0.25, 0.3) is 0 Å². The maximum atomic E-state index is 12.8. The predicted molar refractivity (Wildman–Crippen MR) is 112 cm³/mol. The zero-order valence-electron chi connectivity index (χ0n) is 16.1. The second-order valence-electron chi connectivity index (χ2n) is 6.67. The normalized spacial score (nSPS) is 11.9. The highest BCUT2D eigenvalue weighted by Gasteiger charge is 2.30. The number of thiazole rings is 1. The number of aliphatic carboxylic acids is 1. The van der Waals surface area contributed by atoms with Gasteiger partial charge in [-0.3, -0.25) is 4.79 Å². The average Bonchev–Trinajstić information content (AvgIpc) is 3.28. The van der Waals surface area contributed by atoms with Gasteiger partial charge in [-0.05, 0) is 31.2 Å². The number of oxazole rings is 1. The largest absolute Gasteiger partial charge is 0.481 e. The maximum Gasteiger partial charge on any atom is 0.416 e. The first-order chi connectivity index (χ1) is 14.7. The van der Waals surface area contributed by atoms with Crippen molar-refractivity contribution in [1.82, 2.24) is 9.97 Å². The fourth-order valence-electron chi connectivity index (χ4n) is 2.92. The molecule has 0 atom stereocenters. The van der Waals surface area contributed by atoms with E-state index < -0.39 is 17.7 Å². The molecule has 0 spiro atoms. The summed E-state index contributed by atoms with van der Waals surface area (Å²) in [5.74, 6) is -0.282. The van der Waals surface area contributed by atoms with Crippen LogP contribution in [0, 0.1) is 6.92 Å². The van der Waals surface area contributed by atoms with Crippen molar-refractivity contribution in [2.45, 2.75) is 30.2 Å². The third-order valence-corrected chi connectivity index (χ3v) is 6.90. The van der Waals surface area contributed by atoms with Crippen LogP contribution in [0.25, 0.3) is 21.7 Å². The number of halogens is 3. The summed E-state index contributed by atoms with van der Waals surface area (Å²) in [5.41, 5.74) is 1.88. The van der Waals surface area contributed by atoms with E-state index in [2.05, 4.69) is 9.97 Å². The number of thioether (sulfide) groups is 1. The van der Waals surface area contributed by atoms with Gasteiger partial charge in [0.2, 0.25) is 5.89 Å². The Morgan fingerprint density at radius 2 is 1.90 bits per heavy atom. The molecule has 0 saturated carbocycles. The molecule has 0 aliphatic heterocycles. The lowest BCUT2D eigenvalue weighted by molar-refractivity contribution is -0.138. The molecule has 0 radical (unpaired) electrons. The van der Waals surface area contributed by atoms with E-state index in [0.717, 1.165) is 27.6 Å². The molecule has 0 aliphatic carbocycles. The average molecular weight is 464 g/mol. The van der Waals surface area contributed by atoms with Crippen molar-refractivity contribution in [2.75, 3.05) is 0 Å². The summed E-state index contributed by atoms with van der Waals surface area (Å²) in [5, 5.41) is 9.59. The van der Waals surface area contributed by atoms with Crippen LogP contribution in [0.4, 0.5) is 13.2 Å². The summed E-state index contributed by atoms with van der Waals surface area (Å²) in [6.07, 6.45) is -4.66. The molecule has 160 valence electrons. The van der Waals surface area contributed by atoms with Crippen molar-refractivity contribution < 1.29 is 27.5 Å². The van der Waals surface area contributed by atoms with Crippen molar-refractivity contribution in [3.63, 3.8) is 0 Å². The molecule has 0 unspecified atom stereocenters. The molecule has 1 N–H and O–H groups in total. The van der Waals surface area contributed by atoms with Crippen molar-refractivity contribution in [3.8, 4) is 10.6 Å². The van der Waals surface area contributed by atoms with E-state index in [1.807, 2.05) is 19.1 Å². The molecule has 2 aromatic carbocycles. The van der Waals surface area contributed by atoms with E-state index >= 15 is 0 Å². The molecule has 5 nitrogen and oxygen atoms in total. The lowest BCUT2D eigenvalue weighted by Crippen LogP contribution is -2.03. The minimum Gasteiger partial charge on any atom is -0.481 e. The van der Waals surface area contributed by atoms with E-state index in [4.69, 9.17) is 9.52 Å². The number of aromatic nitrogens is 2. The Labute approximate surface area is 183 Å². The summed E-state index contributed by atoms with van der Waals surface area (Å²) in [6.45, 7) is 1.86. The van der Waals surface area contributed by atoms with Crippen molar-refractivity contribution >= 4 is 40.2 Å². The number of benzene rings is 2. The van der Waals surface area contributed by atoms with Crippen molar-refractivity contribution in [3.05, 3.63) is 64.5 Å². The fraction of sp³-hybridized carbons (Fsp3) is 0.190. The van der Waals surface area contributed by atoms with Gasteiger partial charge in [0.1, 0.15) is 16.9 Å². The first kappa shape index (κ1) is 21.4. The summed E-state index contributed by atoms with van der Waals surface area (Å²) < 4.78 is 43.8. The maximum absolute atomic E-state index is 12.8. The van der Waals surface area contributed by atoms with Gasteiger partial charge in [-0.2, -0.15) is 13.2 Å². The van der Waals surface area contributed by atoms with Crippen molar-refractivity contribution in [1.29, 1.82) is 0 Å². The van der Waals surface area contributed by atoms with Crippen LogP contribution in [-0.2, 0) is 23.1 Å². The van der Waals surface area contributed by atoms with Gasteiger partial charge in [0.15, 0.2) is 5.58 Å². The molecule has 31 heavy (non-hydrogen) atoms. The molecule has 4 aromatic rings. The Kier molecular flexibility index (Phi) is 5.76. The number of rotatable bonds is 6. The summed E-state index contributed by atoms with van der Waals surface area (Å²) in [6, 6.07) is 10.4. The first-order valence-electron chi connectivity index (χ1n) is 9.07. The number of hydrogen-bond acceptors (Lipinski definition) is 6. The number of aryl methyl sites for hydroxylation is 1. The minimum atomic E-state index is -4.37. The van der Waals surface area contributed by atoms with Crippen LogP contribution in [0.2, 0.25) is 0 Å². The number of carboxylic acids is 1. The number of alkyl halides is 3. The summed E-state index contributed by atoms with van der Waals surface area (Å²) in [7, 11) is 0. The standard InChI is InChI=1S/C21H15F3N2O3S2/c1-11-16(31-20(25-11)12-5-7-13(8-6-12)21(22,23)24)10-30-15-4-2-3-14-19(15)26-17(29-14)9-18(27)28/h2-8H,9-10H2,1H3,(H,27,28). The second-order valence-corrected chi connectivity index (χ2v) is 8.77. The zero-order valence-corrected chi connectivity index (χ0v) is 17.7. The van der Waals surface area contributed by atoms with Crippen LogP contribution < -0.4 is 0 Å². The van der Waals surface area contributed by atoms with Gasteiger partial charge in [0, 0.05) is 21.1 Å². The van der Waals surface area contributed by atoms with E-state index in [-0.39, 0.29) is 12.3 Å². The molecule has 0 saturated heterocycles. The molecule has 0 aliphatic rings. The highest BCUT2D eigenvalue weighted by Crippen LogP contribution is 2.36. The van der Waals surface area contributed by atoms with E-state index in [9.17, 15) is 18.0 Å². The third kappa shape index (κ3) is 4.75. The Morgan fingerprint density at radius 3 is 2.58 bits per heavy atom. The third-order valence-electron chi connectivity index (χ3n) is 4.44. The Bertz CT molecular complexity index is 1250. The number of hydrogen-bond donors (Lipinski definition) is 1. The summed E-state index contributed by atoms with van der Waals surface area (Å²) in [4.78, 5) is 21.5. The molecule has 10 heteroatoms. The van der Waals surface area contributed by atoms with Gasteiger partial charge in [-0.1, -0.05) is 18.2 Å². The molecule has 0 bridgehead atoms. The van der Waals surface area contributed by atoms with Crippen LogP contribution >= 0.6 is 23.1 Å². The number of nitrogens with zero attached hydrogens (tertiary/aromatic N) is 2. The Hall–Kier alpha value is -2.85. The van der Waals surface area contributed by atoms with Gasteiger partial charge >= 0.3 is 12.1 Å². The van der Waals surface area contributed by atoms with Crippen molar-refractivity contribution in [2.24, 2.45) is 0 Å².